The van der Waals surface area contributed by atoms with Crippen molar-refractivity contribution >= 4 is 51.8 Å². The summed E-state index contributed by atoms with van der Waals surface area (Å²) in [4.78, 5) is 35.1. The van der Waals surface area contributed by atoms with Crippen LogP contribution in [-0.4, -0.2) is 20.6 Å². The van der Waals surface area contributed by atoms with Crippen molar-refractivity contribution in [3.63, 3.8) is 0 Å². The number of aromatic nitrogens is 3. The predicted octanol–water partition coefficient (Wildman–Crippen LogP) is 6.32. The zero-order chi connectivity index (χ0) is 25.1. The van der Waals surface area contributed by atoms with Crippen LogP contribution in [0.5, 0.6) is 0 Å². The number of hydrogen-bond acceptors (Lipinski definition) is 4. The van der Waals surface area contributed by atoms with Gasteiger partial charge in [0.1, 0.15) is 11.2 Å². The Kier molecular flexibility index (Phi) is 6.66. The fourth-order valence-corrected chi connectivity index (χ4v) is 4.10. The van der Waals surface area contributed by atoms with E-state index in [0.29, 0.717) is 50.4 Å². The lowest BCUT2D eigenvalue weighted by Gasteiger charge is -2.13. The number of benzene rings is 3. The highest BCUT2D eigenvalue weighted by molar-refractivity contribution is 6.42. The van der Waals surface area contributed by atoms with Crippen molar-refractivity contribution in [2.24, 2.45) is 0 Å². The molecule has 2 N–H and O–H groups in total. The number of carbonyl (C=O) groups excluding carboxylic acids is 1. The Morgan fingerprint density at radius 3 is 2.39 bits per heavy atom. The molecule has 178 valence electrons. The van der Waals surface area contributed by atoms with E-state index >= 15 is 0 Å². The highest BCUT2D eigenvalue weighted by atomic mass is 35.5. The minimum Gasteiger partial charge on any atom is -0.308 e. The number of fused-ring (bicyclic) bond motifs is 1. The van der Waals surface area contributed by atoms with Crippen molar-refractivity contribution in [2.75, 3.05) is 10.6 Å². The number of carbonyl (C=O) groups is 1. The first-order valence-electron chi connectivity index (χ1n) is 11.0. The smallest absolute Gasteiger partial charge is 0.308 e. The zero-order valence-electron chi connectivity index (χ0n) is 18.8. The molecule has 0 atom stereocenters. The van der Waals surface area contributed by atoms with E-state index in [1.54, 1.807) is 54.7 Å². The zero-order valence-corrected chi connectivity index (χ0v) is 20.3. The third-order valence-corrected chi connectivity index (χ3v) is 6.18. The summed E-state index contributed by atoms with van der Waals surface area (Å²) in [5.41, 5.74) is 3.65. The van der Waals surface area contributed by atoms with Gasteiger partial charge in [-0.2, -0.15) is 0 Å². The van der Waals surface area contributed by atoms with Gasteiger partial charge in [-0.15, -0.1) is 0 Å². The Bertz CT molecular complexity index is 1640. The lowest BCUT2D eigenvalue weighted by atomic mass is 10.1. The molecule has 9 heteroatoms. The number of halogens is 2. The number of pyridine rings is 1. The summed E-state index contributed by atoms with van der Waals surface area (Å²) in [5.74, 6) is 0. The van der Waals surface area contributed by atoms with E-state index in [1.807, 2.05) is 36.4 Å². The molecule has 5 aromatic rings. The minimum atomic E-state index is -0.472. The molecule has 7 nitrogen and oxygen atoms in total. The molecule has 5 rings (SSSR count). The third kappa shape index (κ3) is 5.07. The van der Waals surface area contributed by atoms with Gasteiger partial charge in [-0.25, -0.2) is 14.8 Å². The van der Waals surface area contributed by atoms with Crippen molar-refractivity contribution in [3.05, 3.63) is 123 Å². The molecule has 2 aromatic heterocycles. The van der Waals surface area contributed by atoms with Gasteiger partial charge in [0, 0.05) is 24.0 Å². The van der Waals surface area contributed by atoms with Crippen molar-refractivity contribution < 1.29 is 4.79 Å². The number of urea groups is 1. The van der Waals surface area contributed by atoms with Crippen molar-refractivity contribution in [1.82, 2.24) is 14.5 Å². The van der Waals surface area contributed by atoms with Gasteiger partial charge in [-0.3, -0.25) is 9.36 Å². The fourth-order valence-electron chi connectivity index (χ4n) is 3.80. The molecule has 0 aliphatic carbocycles. The summed E-state index contributed by atoms with van der Waals surface area (Å²) in [5, 5.41) is 6.22. The average Bonchev–Trinajstić information content (AvgIpc) is 2.87. The first-order valence-corrected chi connectivity index (χ1v) is 11.8. The van der Waals surface area contributed by atoms with E-state index < -0.39 is 6.03 Å². The monoisotopic (exact) mass is 515 g/mol. The SMILES string of the molecule is O=C(Nc1cccc(-n2c(=O)c(Cc3ccccc3)nc3cccnc32)c1)Nc1ccc(Cl)c(Cl)c1. The van der Waals surface area contributed by atoms with Crippen molar-refractivity contribution in [1.29, 1.82) is 0 Å². The van der Waals surface area contributed by atoms with E-state index in [0.717, 1.165) is 5.56 Å². The number of anilines is 2. The van der Waals surface area contributed by atoms with Crippen LogP contribution in [0.3, 0.4) is 0 Å². The summed E-state index contributed by atoms with van der Waals surface area (Å²) in [7, 11) is 0. The van der Waals surface area contributed by atoms with E-state index in [1.165, 1.54) is 4.57 Å². The Hall–Kier alpha value is -4.20. The average molecular weight is 516 g/mol. The second-order valence-corrected chi connectivity index (χ2v) is 8.78. The highest BCUT2D eigenvalue weighted by Crippen LogP contribution is 2.25. The molecular formula is C27H19Cl2N5O2. The maximum atomic E-state index is 13.6. The van der Waals surface area contributed by atoms with Crippen molar-refractivity contribution in [3.8, 4) is 5.69 Å². The van der Waals surface area contributed by atoms with Crippen LogP contribution < -0.4 is 16.2 Å². The van der Waals surface area contributed by atoms with Gasteiger partial charge in [-0.05, 0) is 54.1 Å². The number of hydrogen-bond donors (Lipinski definition) is 2. The summed E-state index contributed by atoms with van der Waals surface area (Å²) in [6, 6.07) is 24.6. The lowest BCUT2D eigenvalue weighted by molar-refractivity contribution is 0.262. The number of nitrogens with one attached hydrogen (secondary N) is 2. The molecule has 0 aliphatic rings. The third-order valence-electron chi connectivity index (χ3n) is 5.44. The van der Waals surface area contributed by atoms with Gasteiger partial charge in [0.2, 0.25) is 0 Å². The molecular weight excluding hydrogens is 497 g/mol. The standard InChI is InChI=1S/C27H19Cl2N5O2/c28-21-12-11-19(16-22(21)29)32-27(36)31-18-8-4-9-20(15-18)34-25-23(10-5-13-30-25)33-24(26(34)35)14-17-6-2-1-3-7-17/h1-13,15-16H,14H2,(H2,31,32,36). The largest absolute Gasteiger partial charge is 0.323 e. The first kappa shape index (κ1) is 23.5. The summed E-state index contributed by atoms with van der Waals surface area (Å²) < 4.78 is 1.52. The molecule has 0 bridgehead atoms. The number of rotatable bonds is 5. The van der Waals surface area contributed by atoms with Crippen LogP contribution in [0, 0.1) is 0 Å². The molecule has 0 unspecified atom stereocenters. The van der Waals surface area contributed by atoms with E-state index in [-0.39, 0.29) is 5.56 Å². The van der Waals surface area contributed by atoms with E-state index in [9.17, 15) is 9.59 Å². The normalized spacial score (nSPS) is 10.8. The van der Waals surface area contributed by atoms with Gasteiger partial charge < -0.3 is 10.6 Å². The molecule has 0 saturated heterocycles. The molecule has 36 heavy (non-hydrogen) atoms. The minimum absolute atomic E-state index is 0.275. The quantitative estimate of drug-likeness (QED) is 0.286. The van der Waals surface area contributed by atoms with Gasteiger partial charge in [0.05, 0.1) is 15.7 Å². The maximum Gasteiger partial charge on any atom is 0.323 e. The van der Waals surface area contributed by atoms with Crippen LogP contribution in [-0.2, 0) is 6.42 Å². The molecule has 0 fully saturated rings. The topological polar surface area (TPSA) is 88.9 Å². The van der Waals surface area contributed by atoms with Gasteiger partial charge in [0.25, 0.3) is 5.56 Å². The fraction of sp³-hybridized carbons (Fsp3) is 0.0370. The Balaban J connectivity index is 1.48. The van der Waals surface area contributed by atoms with Crippen LogP contribution in [0.15, 0.2) is 95.9 Å². The number of nitrogens with zero attached hydrogens (tertiary/aromatic N) is 3. The van der Waals surface area contributed by atoms with Gasteiger partial charge in [-0.1, -0.05) is 59.6 Å². The Morgan fingerprint density at radius 1 is 0.833 bits per heavy atom. The van der Waals surface area contributed by atoms with Crippen LogP contribution in [0.2, 0.25) is 10.0 Å². The van der Waals surface area contributed by atoms with Crippen LogP contribution in [0.25, 0.3) is 16.9 Å². The van der Waals surface area contributed by atoms with Gasteiger partial charge >= 0.3 is 6.03 Å². The van der Waals surface area contributed by atoms with E-state index in [2.05, 4.69) is 20.6 Å². The summed E-state index contributed by atoms with van der Waals surface area (Å²) >= 11 is 12.0. The number of amides is 2. The molecule has 3 aromatic carbocycles. The van der Waals surface area contributed by atoms with Crippen LogP contribution in [0.1, 0.15) is 11.3 Å². The first-order chi connectivity index (χ1) is 17.5. The molecule has 0 spiro atoms. The second kappa shape index (κ2) is 10.2. The molecule has 2 amide bonds. The Labute approximate surface area is 216 Å². The molecule has 0 aliphatic heterocycles. The van der Waals surface area contributed by atoms with Crippen LogP contribution in [0.4, 0.5) is 16.2 Å². The molecule has 2 heterocycles. The highest BCUT2D eigenvalue weighted by Gasteiger charge is 2.15. The maximum absolute atomic E-state index is 13.6. The Morgan fingerprint density at radius 2 is 1.61 bits per heavy atom. The van der Waals surface area contributed by atoms with E-state index in [4.69, 9.17) is 23.2 Å². The molecule has 0 saturated carbocycles. The predicted molar refractivity (Wildman–Crippen MR) is 143 cm³/mol. The van der Waals surface area contributed by atoms with Gasteiger partial charge in [0.15, 0.2) is 5.65 Å². The summed E-state index contributed by atoms with van der Waals surface area (Å²) in [6.07, 6.45) is 2.00. The second-order valence-electron chi connectivity index (χ2n) is 7.97. The molecule has 0 radical (unpaired) electrons. The van der Waals surface area contributed by atoms with Crippen LogP contribution >= 0.6 is 23.2 Å². The lowest BCUT2D eigenvalue weighted by Crippen LogP contribution is -2.25. The summed E-state index contributed by atoms with van der Waals surface area (Å²) in [6.45, 7) is 0. The van der Waals surface area contributed by atoms with Crippen molar-refractivity contribution in [2.45, 2.75) is 6.42 Å².